The molecule has 0 saturated heterocycles. The molecule has 0 radical (unpaired) electrons. The van der Waals surface area contributed by atoms with Crippen molar-refractivity contribution in [3.63, 3.8) is 0 Å². The van der Waals surface area contributed by atoms with Gasteiger partial charge in [0.15, 0.2) is 10.2 Å². The van der Waals surface area contributed by atoms with Gasteiger partial charge in [0.25, 0.3) is 0 Å². The Morgan fingerprint density at radius 1 is 0.839 bits per heavy atom. The van der Waals surface area contributed by atoms with Gasteiger partial charge in [0.1, 0.15) is 0 Å². The van der Waals surface area contributed by atoms with Crippen LogP contribution in [-0.2, 0) is 23.2 Å². The van der Waals surface area contributed by atoms with Crippen molar-refractivity contribution in [1.29, 1.82) is 0 Å². The van der Waals surface area contributed by atoms with Crippen molar-refractivity contribution < 1.29 is 28.1 Å². The lowest BCUT2D eigenvalue weighted by molar-refractivity contribution is -0.112. The van der Waals surface area contributed by atoms with Crippen LogP contribution < -0.4 is 0 Å². The van der Waals surface area contributed by atoms with Crippen LogP contribution in [0.1, 0.15) is 104 Å². The number of phosphoric acid groups is 1. The molecule has 184 valence electrons. The summed E-state index contributed by atoms with van der Waals surface area (Å²) in [6.45, 7) is 4.25. The maximum Gasteiger partial charge on any atom is 0.471 e. The highest BCUT2D eigenvalue weighted by Gasteiger charge is 2.24. The second-order valence-electron chi connectivity index (χ2n) is 7.78. The highest BCUT2D eigenvalue weighted by molar-refractivity contribution is 8.17. The Kier molecular flexibility index (Phi) is 20.8. The van der Waals surface area contributed by atoms with Crippen LogP contribution in [0, 0.1) is 0 Å². The SMILES string of the molecule is CCCCCCCCC(=O)SC[C@H](COP(=O)(O)OC)SC(=O)CCCCCCCC. The van der Waals surface area contributed by atoms with E-state index in [2.05, 4.69) is 18.4 Å². The van der Waals surface area contributed by atoms with Crippen LogP contribution in [0.2, 0.25) is 0 Å². The highest BCUT2D eigenvalue weighted by atomic mass is 32.2. The minimum atomic E-state index is -4.11. The molecule has 2 atom stereocenters. The molecule has 0 aliphatic carbocycles. The van der Waals surface area contributed by atoms with Crippen molar-refractivity contribution in [2.45, 2.75) is 109 Å². The van der Waals surface area contributed by atoms with E-state index in [9.17, 15) is 19.0 Å². The summed E-state index contributed by atoms with van der Waals surface area (Å²) in [6.07, 6.45) is 14.4. The summed E-state index contributed by atoms with van der Waals surface area (Å²) in [5.74, 6) is 0.380. The molecule has 0 spiro atoms. The number of unbranched alkanes of at least 4 members (excludes halogenated alkanes) is 10. The molecule has 6 nitrogen and oxygen atoms in total. The first-order valence-corrected chi connectivity index (χ1v) is 15.1. The lowest BCUT2D eigenvalue weighted by Gasteiger charge is -2.17. The Balaban J connectivity index is 4.32. The van der Waals surface area contributed by atoms with Crippen molar-refractivity contribution in [1.82, 2.24) is 0 Å². The smallest absolute Gasteiger partial charge is 0.303 e. The maximum atomic E-state index is 12.3. The molecule has 0 rings (SSSR count). The Bertz CT molecular complexity index is 518. The monoisotopic (exact) mass is 498 g/mol. The second kappa shape index (κ2) is 20.7. The molecular formula is C22H43O6PS2. The molecular weight excluding hydrogens is 455 g/mol. The number of hydrogen-bond donors (Lipinski definition) is 1. The fourth-order valence-corrected chi connectivity index (χ4v) is 5.53. The second-order valence-corrected chi connectivity index (χ2v) is 11.8. The zero-order chi connectivity index (χ0) is 23.4. The van der Waals surface area contributed by atoms with Crippen LogP contribution in [0.15, 0.2) is 0 Å². The summed E-state index contributed by atoms with van der Waals surface area (Å²) < 4.78 is 21.0. The number of thioether (sulfide) groups is 2. The van der Waals surface area contributed by atoms with Gasteiger partial charge in [0.2, 0.25) is 0 Å². The quantitative estimate of drug-likeness (QED) is 0.132. The molecule has 31 heavy (non-hydrogen) atoms. The Labute approximate surface area is 198 Å². The van der Waals surface area contributed by atoms with Gasteiger partial charge in [-0.15, -0.1) is 0 Å². The molecule has 1 N–H and O–H groups in total. The summed E-state index contributed by atoms with van der Waals surface area (Å²) in [4.78, 5) is 34.0. The fourth-order valence-electron chi connectivity index (χ4n) is 2.95. The van der Waals surface area contributed by atoms with Crippen LogP contribution in [0.25, 0.3) is 0 Å². The average Bonchev–Trinajstić information content (AvgIpc) is 2.75. The van der Waals surface area contributed by atoms with Gasteiger partial charge in [-0.05, 0) is 12.8 Å². The maximum absolute atomic E-state index is 12.3. The van der Waals surface area contributed by atoms with E-state index in [4.69, 9.17) is 4.52 Å². The molecule has 0 aromatic heterocycles. The normalized spacial score (nSPS) is 14.3. The Morgan fingerprint density at radius 2 is 1.32 bits per heavy atom. The van der Waals surface area contributed by atoms with Crippen LogP contribution in [0.3, 0.4) is 0 Å². The van der Waals surface area contributed by atoms with E-state index in [-0.39, 0.29) is 22.1 Å². The lowest BCUT2D eigenvalue weighted by atomic mass is 10.1. The number of carbonyl (C=O) groups excluding carboxylic acids is 2. The van der Waals surface area contributed by atoms with E-state index >= 15 is 0 Å². The van der Waals surface area contributed by atoms with Gasteiger partial charge < -0.3 is 4.89 Å². The van der Waals surface area contributed by atoms with Crippen molar-refractivity contribution >= 4 is 41.6 Å². The van der Waals surface area contributed by atoms with Crippen LogP contribution in [0.4, 0.5) is 0 Å². The van der Waals surface area contributed by atoms with E-state index in [0.29, 0.717) is 18.6 Å². The highest BCUT2D eigenvalue weighted by Crippen LogP contribution is 2.42. The molecule has 0 fully saturated rings. The third-order valence-electron chi connectivity index (χ3n) is 4.85. The molecule has 9 heteroatoms. The van der Waals surface area contributed by atoms with Gasteiger partial charge in [0.05, 0.1) is 6.61 Å². The molecule has 0 heterocycles. The zero-order valence-corrected chi connectivity index (χ0v) is 22.2. The minimum Gasteiger partial charge on any atom is -0.303 e. The first kappa shape index (κ1) is 31.1. The van der Waals surface area contributed by atoms with Crippen molar-refractivity contribution in [3.05, 3.63) is 0 Å². The van der Waals surface area contributed by atoms with Gasteiger partial charge >= 0.3 is 7.82 Å². The van der Waals surface area contributed by atoms with E-state index in [1.165, 1.54) is 50.3 Å². The summed E-state index contributed by atoms with van der Waals surface area (Å²) in [7, 11) is -3.00. The summed E-state index contributed by atoms with van der Waals surface area (Å²) >= 11 is 2.31. The third-order valence-corrected chi connectivity index (χ3v) is 8.20. The molecule has 0 aromatic carbocycles. The summed E-state index contributed by atoms with van der Waals surface area (Å²) in [6, 6.07) is 0. The van der Waals surface area contributed by atoms with E-state index < -0.39 is 7.82 Å². The van der Waals surface area contributed by atoms with Gasteiger partial charge in [0, 0.05) is 31.0 Å². The third kappa shape index (κ3) is 20.5. The van der Waals surface area contributed by atoms with Crippen LogP contribution >= 0.6 is 31.3 Å². The fraction of sp³-hybridized carbons (Fsp3) is 0.909. The number of carbonyl (C=O) groups is 2. The Morgan fingerprint density at radius 3 is 1.84 bits per heavy atom. The number of phosphoric ester groups is 1. The number of rotatable bonds is 21. The molecule has 1 unspecified atom stereocenters. The molecule has 0 aliphatic rings. The molecule has 0 saturated carbocycles. The molecule has 0 amide bonds. The number of hydrogen-bond acceptors (Lipinski definition) is 7. The van der Waals surface area contributed by atoms with E-state index in [1.807, 2.05) is 0 Å². The minimum absolute atomic E-state index is 0.0400. The first-order valence-electron chi connectivity index (χ1n) is 11.7. The predicted octanol–water partition coefficient (Wildman–Crippen LogP) is 7.14. The van der Waals surface area contributed by atoms with Crippen LogP contribution in [-0.4, -0.2) is 39.8 Å². The summed E-state index contributed by atoms with van der Waals surface area (Å²) in [5, 5.41) is -0.219. The van der Waals surface area contributed by atoms with E-state index in [1.54, 1.807) is 0 Å². The van der Waals surface area contributed by atoms with Gasteiger partial charge in [-0.3, -0.25) is 18.6 Å². The standard InChI is InChI=1S/C22H43O6PS2/c1-4-6-8-10-12-14-16-21(23)30-19-20(18-28-29(25,26)27-3)31-22(24)17-15-13-11-9-7-5-2/h20H,4-19H2,1-3H3,(H,25,26)/t20-/m0/s1. The summed E-state index contributed by atoms with van der Waals surface area (Å²) in [5.41, 5.74) is 0. The van der Waals surface area contributed by atoms with Crippen molar-refractivity contribution in [3.8, 4) is 0 Å². The van der Waals surface area contributed by atoms with Crippen molar-refractivity contribution in [2.75, 3.05) is 19.5 Å². The first-order chi connectivity index (χ1) is 14.8. The topological polar surface area (TPSA) is 89.9 Å². The predicted molar refractivity (Wildman–Crippen MR) is 133 cm³/mol. The van der Waals surface area contributed by atoms with Crippen molar-refractivity contribution in [2.24, 2.45) is 0 Å². The molecule has 0 bridgehead atoms. The molecule has 0 aliphatic heterocycles. The van der Waals surface area contributed by atoms with Crippen LogP contribution in [0.5, 0.6) is 0 Å². The van der Waals surface area contributed by atoms with Gasteiger partial charge in [-0.2, -0.15) is 0 Å². The van der Waals surface area contributed by atoms with Gasteiger partial charge in [-0.1, -0.05) is 102 Å². The average molecular weight is 499 g/mol. The van der Waals surface area contributed by atoms with Gasteiger partial charge in [-0.25, -0.2) is 4.57 Å². The molecule has 0 aromatic rings. The zero-order valence-electron chi connectivity index (χ0n) is 19.6. The Hall–Kier alpha value is 0.150. The largest absolute Gasteiger partial charge is 0.471 e. The lowest BCUT2D eigenvalue weighted by Crippen LogP contribution is -2.18. The van der Waals surface area contributed by atoms with E-state index in [0.717, 1.165) is 57.4 Å².